The normalized spacial score (nSPS) is 21.3. The van der Waals surface area contributed by atoms with Crippen molar-refractivity contribution >= 4 is 19.2 Å². The number of ether oxygens (including phenoxy) is 1. The molecule has 6 heteroatoms. The number of fused-ring (bicyclic) bond motifs is 1. The maximum absolute atomic E-state index is 12.2. The standard InChI is InChI=1S/C17H16N2O3.H2S/c1-17(2)16(21)15(19-9-5-4-6-14(19)20)12-10-11(18-3)7-8-13(12)22-17;/h4-10,15-16,21H,1-2H3;1H2/t15-,16+;/m1./s1. The van der Waals surface area contributed by atoms with Crippen molar-refractivity contribution in [3.05, 3.63) is 69.9 Å². The quantitative estimate of drug-likeness (QED) is 0.818. The van der Waals surface area contributed by atoms with Crippen molar-refractivity contribution in [3.63, 3.8) is 0 Å². The van der Waals surface area contributed by atoms with Crippen LogP contribution in [0.5, 0.6) is 5.75 Å². The number of nitrogens with zero attached hydrogens (tertiary/aromatic N) is 2. The zero-order valence-corrected chi connectivity index (χ0v) is 13.9. The summed E-state index contributed by atoms with van der Waals surface area (Å²) < 4.78 is 7.34. The molecule has 0 saturated carbocycles. The second-order valence-electron chi connectivity index (χ2n) is 5.88. The zero-order valence-electron chi connectivity index (χ0n) is 12.9. The number of aliphatic hydroxyl groups excluding tert-OH is 1. The average molecular weight is 330 g/mol. The second-order valence-corrected chi connectivity index (χ2v) is 5.88. The Balaban J connectivity index is 0.00000192. The Morgan fingerprint density at radius 1 is 1.30 bits per heavy atom. The molecule has 2 aromatic rings. The van der Waals surface area contributed by atoms with E-state index in [1.54, 1.807) is 50.4 Å². The maximum Gasteiger partial charge on any atom is 0.251 e. The Morgan fingerprint density at radius 2 is 2.04 bits per heavy atom. The molecule has 1 N–H and O–H groups in total. The van der Waals surface area contributed by atoms with E-state index in [0.717, 1.165) is 0 Å². The van der Waals surface area contributed by atoms with Crippen LogP contribution in [0.3, 0.4) is 0 Å². The average Bonchev–Trinajstić information content (AvgIpc) is 2.49. The number of rotatable bonds is 1. The minimum Gasteiger partial charge on any atom is -0.485 e. The van der Waals surface area contributed by atoms with Gasteiger partial charge in [-0.3, -0.25) is 4.79 Å². The van der Waals surface area contributed by atoms with Crippen LogP contribution in [0, 0.1) is 6.57 Å². The number of pyridine rings is 1. The predicted molar refractivity (Wildman–Crippen MR) is 92.6 cm³/mol. The van der Waals surface area contributed by atoms with Crippen molar-refractivity contribution in [2.24, 2.45) is 0 Å². The first-order chi connectivity index (χ1) is 10.4. The van der Waals surface area contributed by atoms with Gasteiger partial charge in [-0.1, -0.05) is 12.1 Å². The van der Waals surface area contributed by atoms with E-state index >= 15 is 0 Å². The highest BCUT2D eigenvalue weighted by Gasteiger charge is 2.43. The first-order valence-electron chi connectivity index (χ1n) is 7.00. The molecule has 120 valence electrons. The second kappa shape index (κ2) is 6.11. The Kier molecular flexibility index (Phi) is 4.55. The molecule has 1 aromatic carbocycles. The summed E-state index contributed by atoms with van der Waals surface area (Å²) in [5.41, 5.74) is 0.0484. The molecule has 0 spiro atoms. The third kappa shape index (κ3) is 2.85. The Morgan fingerprint density at radius 3 is 2.70 bits per heavy atom. The Labute approximate surface area is 141 Å². The van der Waals surface area contributed by atoms with Crippen molar-refractivity contribution in [1.82, 2.24) is 4.57 Å². The van der Waals surface area contributed by atoms with Gasteiger partial charge >= 0.3 is 0 Å². The summed E-state index contributed by atoms with van der Waals surface area (Å²) in [5, 5.41) is 10.7. The molecule has 2 heterocycles. The van der Waals surface area contributed by atoms with Gasteiger partial charge in [-0.15, -0.1) is 0 Å². The number of aromatic nitrogens is 1. The number of benzene rings is 1. The van der Waals surface area contributed by atoms with Crippen molar-refractivity contribution in [3.8, 4) is 5.75 Å². The highest BCUT2D eigenvalue weighted by atomic mass is 32.1. The van der Waals surface area contributed by atoms with E-state index in [1.165, 1.54) is 10.6 Å². The number of hydrogen-bond donors (Lipinski definition) is 1. The minimum atomic E-state index is -0.916. The van der Waals surface area contributed by atoms with Gasteiger partial charge in [0.1, 0.15) is 17.5 Å². The van der Waals surface area contributed by atoms with Crippen molar-refractivity contribution in [1.29, 1.82) is 0 Å². The molecule has 0 bridgehead atoms. The van der Waals surface area contributed by atoms with Crippen LogP contribution in [-0.4, -0.2) is 21.4 Å². The van der Waals surface area contributed by atoms with Crippen LogP contribution in [0.1, 0.15) is 25.5 Å². The third-order valence-corrected chi connectivity index (χ3v) is 3.98. The molecule has 0 radical (unpaired) electrons. The van der Waals surface area contributed by atoms with Crippen LogP contribution in [0.4, 0.5) is 5.69 Å². The smallest absolute Gasteiger partial charge is 0.251 e. The van der Waals surface area contributed by atoms with Gasteiger partial charge in [-0.2, -0.15) is 13.5 Å². The molecule has 5 nitrogen and oxygen atoms in total. The van der Waals surface area contributed by atoms with Gasteiger partial charge in [0, 0.05) is 17.8 Å². The summed E-state index contributed by atoms with van der Waals surface area (Å²) in [6.07, 6.45) is 0.729. The SMILES string of the molecule is S.[C-]#[N+]c1ccc2c(c1)[C@@H](n1ccccc1=O)[C@H](O)C(C)(C)O2. The van der Waals surface area contributed by atoms with Crippen molar-refractivity contribution in [2.75, 3.05) is 0 Å². The molecule has 0 fully saturated rings. The first kappa shape index (κ1) is 17.1. The van der Waals surface area contributed by atoms with E-state index in [4.69, 9.17) is 11.3 Å². The predicted octanol–water partition coefficient (Wildman–Crippen LogP) is 2.63. The summed E-state index contributed by atoms with van der Waals surface area (Å²) in [7, 11) is 0. The van der Waals surface area contributed by atoms with Gasteiger partial charge in [0.15, 0.2) is 5.69 Å². The maximum atomic E-state index is 12.2. The van der Waals surface area contributed by atoms with Gasteiger partial charge < -0.3 is 14.4 Å². The van der Waals surface area contributed by atoms with Gasteiger partial charge in [0.2, 0.25) is 0 Å². The fourth-order valence-electron chi connectivity index (χ4n) is 2.80. The molecule has 0 amide bonds. The van der Waals surface area contributed by atoms with Gasteiger partial charge in [0.05, 0.1) is 12.6 Å². The molecule has 0 saturated heterocycles. The molecular weight excluding hydrogens is 312 g/mol. The highest BCUT2D eigenvalue weighted by Crippen LogP contribution is 2.42. The van der Waals surface area contributed by atoms with Crippen LogP contribution in [0.25, 0.3) is 4.85 Å². The summed E-state index contributed by atoms with van der Waals surface area (Å²) in [6, 6.07) is 9.33. The third-order valence-electron chi connectivity index (χ3n) is 3.98. The fourth-order valence-corrected chi connectivity index (χ4v) is 2.80. The topological polar surface area (TPSA) is 55.8 Å². The van der Waals surface area contributed by atoms with Crippen LogP contribution < -0.4 is 10.3 Å². The monoisotopic (exact) mass is 330 g/mol. The van der Waals surface area contributed by atoms with Gasteiger partial charge in [-0.25, -0.2) is 4.85 Å². The summed E-state index contributed by atoms with van der Waals surface area (Å²) in [4.78, 5) is 15.6. The van der Waals surface area contributed by atoms with E-state index in [0.29, 0.717) is 17.0 Å². The summed E-state index contributed by atoms with van der Waals surface area (Å²) >= 11 is 0. The molecule has 0 aliphatic carbocycles. The van der Waals surface area contributed by atoms with Gasteiger partial charge in [-0.05, 0) is 32.0 Å². The van der Waals surface area contributed by atoms with Crippen LogP contribution in [-0.2, 0) is 0 Å². The summed E-state index contributed by atoms with van der Waals surface area (Å²) in [5.74, 6) is 0.587. The number of hydrogen-bond acceptors (Lipinski definition) is 3. The molecule has 1 aliphatic rings. The first-order valence-corrected chi connectivity index (χ1v) is 7.00. The molecule has 0 unspecified atom stereocenters. The van der Waals surface area contributed by atoms with Gasteiger partial charge in [0.25, 0.3) is 5.56 Å². The lowest BCUT2D eigenvalue weighted by atomic mass is 9.86. The van der Waals surface area contributed by atoms with Crippen molar-refractivity contribution in [2.45, 2.75) is 31.6 Å². The molecule has 1 aromatic heterocycles. The minimum absolute atomic E-state index is 0. The fraction of sp³-hybridized carbons (Fsp3) is 0.294. The van der Waals surface area contributed by atoms with Crippen LogP contribution in [0.15, 0.2) is 47.4 Å². The zero-order chi connectivity index (χ0) is 15.9. The lowest BCUT2D eigenvalue weighted by Gasteiger charge is -2.42. The molecule has 1 aliphatic heterocycles. The highest BCUT2D eigenvalue weighted by molar-refractivity contribution is 7.59. The van der Waals surface area contributed by atoms with E-state index in [1.807, 2.05) is 0 Å². The lowest BCUT2D eigenvalue weighted by molar-refractivity contribution is -0.0642. The van der Waals surface area contributed by atoms with Crippen LogP contribution in [0.2, 0.25) is 0 Å². The molecule has 2 atom stereocenters. The Hall–Kier alpha value is -2.23. The number of aliphatic hydroxyl groups is 1. The van der Waals surface area contributed by atoms with E-state index in [-0.39, 0.29) is 19.1 Å². The van der Waals surface area contributed by atoms with E-state index in [2.05, 4.69) is 4.85 Å². The molecule has 23 heavy (non-hydrogen) atoms. The Bertz CT molecular complexity index is 823. The summed E-state index contributed by atoms with van der Waals surface area (Å²) in [6.45, 7) is 10.7. The van der Waals surface area contributed by atoms with E-state index in [9.17, 15) is 9.90 Å². The molecule has 3 rings (SSSR count). The van der Waals surface area contributed by atoms with Crippen LogP contribution >= 0.6 is 13.5 Å². The lowest BCUT2D eigenvalue weighted by Crippen LogP contribution is -2.52. The van der Waals surface area contributed by atoms with E-state index < -0.39 is 17.7 Å². The largest absolute Gasteiger partial charge is 0.485 e. The van der Waals surface area contributed by atoms with Crippen molar-refractivity contribution < 1.29 is 9.84 Å². The molecular formula is C17H18N2O3S.